The molecule has 0 aromatic heterocycles. The molecular formula is C18H22BrFN2O2S. The molecule has 2 aliphatic rings. The van der Waals surface area contributed by atoms with Crippen LogP contribution in [-0.2, 0) is 9.53 Å². The van der Waals surface area contributed by atoms with Gasteiger partial charge in [0.15, 0.2) is 0 Å². The monoisotopic (exact) mass is 428 g/mol. The second-order valence-electron chi connectivity index (χ2n) is 6.34. The van der Waals surface area contributed by atoms with Crippen LogP contribution in [0.3, 0.4) is 0 Å². The van der Waals surface area contributed by atoms with Crippen LogP contribution in [0.5, 0.6) is 0 Å². The van der Waals surface area contributed by atoms with Gasteiger partial charge in [0.25, 0.3) is 0 Å². The average molecular weight is 429 g/mol. The van der Waals surface area contributed by atoms with Crippen molar-refractivity contribution in [2.75, 3.05) is 44.4 Å². The summed E-state index contributed by atoms with van der Waals surface area (Å²) in [6.45, 7) is 3.94. The maximum atomic E-state index is 13.7. The molecule has 1 unspecified atom stereocenters. The van der Waals surface area contributed by atoms with Crippen LogP contribution < -0.4 is 5.32 Å². The Morgan fingerprint density at radius 2 is 2.24 bits per heavy atom. The van der Waals surface area contributed by atoms with Gasteiger partial charge in [-0.25, -0.2) is 4.39 Å². The summed E-state index contributed by atoms with van der Waals surface area (Å²) in [5.41, 5.74) is 0.405. The van der Waals surface area contributed by atoms with Crippen molar-refractivity contribution >= 4 is 39.7 Å². The second-order valence-corrected chi connectivity index (χ2v) is 8.36. The summed E-state index contributed by atoms with van der Waals surface area (Å²) < 4.78 is 20.0. The number of benzene rings is 1. The van der Waals surface area contributed by atoms with Gasteiger partial charge in [-0.2, -0.15) is 11.8 Å². The van der Waals surface area contributed by atoms with Gasteiger partial charge in [0, 0.05) is 47.0 Å². The molecule has 0 spiro atoms. The van der Waals surface area contributed by atoms with E-state index in [1.807, 2.05) is 11.8 Å². The first-order chi connectivity index (χ1) is 12.1. The SMILES string of the molecule is O=C(/C=C/c1cc(Br)ccc1F)NCC1(N2CCOCC2)CCSC1. The fraction of sp³-hybridized carbons (Fsp3) is 0.500. The van der Waals surface area contributed by atoms with Crippen LogP contribution in [-0.4, -0.2) is 60.7 Å². The molecule has 1 amide bonds. The number of ether oxygens (including phenoxy) is 1. The van der Waals surface area contributed by atoms with Gasteiger partial charge in [0.1, 0.15) is 5.82 Å². The predicted molar refractivity (Wildman–Crippen MR) is 103 cm³/mol. The van der Waals surface area contributed by atoms with Crippen molar-refractivity contribution in [1.82, 2.24) is 10.2 Å². The first kappa shape index (κ1) is 18.9. The van der Waals surface area contributed by atoms with Crippen LogP contribution in [0.15, 0.2) is 28.7 Å². The second kappa shape index (κ2) is 8.66. The lowest BCUT2D eigenvalue weighted by atomic mass is 9.95. The quantitative estimate of drug-likeness (QED) is 0.731. The van der Waals surface area contributed by atoms with E-state index in [9.17, 15) is 9.18 Å². The third kappa shape index (κ3) is 4.84. The first-order valence-electron chi connectivity index (χ1n) is 8.41. The number of thioether (sulfide) groups is 1. The van der Waals surface area contributed by atoms with Crippen molar-refractivity contribution in [2.24, 2.45) is 0 Å². The molecule has 1 aromatic rings. The van der Waals surface area contributed by atoms with Gasteiger partial charge in [-0.05, 0) is 36.4 Å². The van der Waals surface area contributed by atoms with E-state index in [1.54, 1.807) is 12.1 Å². The fourth-order valence-corrected chi connectivity index (χ4v) is 5.11. The van der Waals surface area contributed by atoms with E-state index < -0.39 is 0 Å². The van der Waals surface area contributed by atoms with Crippen molar-refractivity contribution in [2.45, 2.75) is 12.0 Å². The molecule has 2 aliphatic heterocycles. The van der Waals surface area contributed by atoms with Crippen LogP contribution in [0.2, 0.25) is 0 Å². The van der Waals surface area contributed by atoms with E-state index in [4.69, 9.17) is 4.74 Å². The topological polar surface area (TPSA) is 41.6 Å². The fourth-order valence-electron chi connectivity index (χ4n) is 3.25. The summed E-state index contributed by atoms with van der Waals surface area (Å²) >= 11 is 5.24. The Morgan fingerprint density at radius 3 is 2.96 bits per heavy atom. The summed E-state index contributed by atoms with van der Waals surface area (Å²) in [5.74, 6) is 1.61. The van der Waals surface area contributed by atoms with Crippen molar-refractivity contribution in [3.8, 4) is 0 Å². The maximum absolute atomic E-state index is 13.7. The van der Waals surface area contributed by atoms with Crippen LogP contribution in [0.25, 0.3) is 6.08 Å². The van der Waals surface area contributed by atoms with Crippen LogP contribution >= 0.6 is 27.7 Å². The molecule has 0 radical (unpaired) electrons. The number of carbonyl (C=O) groups excluding carboxylic acids is 1. The number of nitrogens with zero attached hydrogens (tertiary/aromatic N) is 1. The Kier molecular flexibility index (Phi) is 6.55. The van der Waals surface area contributed by atoms with Gasteiger partial charge in [-0.1, -0.05) is 15.9 Å². The highest BCUT2D eigenvalue weighted by Gasteiger charge is 2.40. The number of halogens is 2. The molecule has 4 nitrogen and oxygen atoms in total. The minimum Gasteiger partial charge on any atom is -0.379 e. The molecule has 7 heteroatoms. The predicted octanol–water partition coefficient (Wildman–Crippen LogP) is 2.93. The van der Waals surface area contributed by atoms with Gasteiger partial charge >= 0.3 is 0 Å². The normalized spacial score (nSPS) is 24.7. The Bertz CT molecular complexity index is 644. The minimum atomic E-state index is -0.343. The largest absolute Gasteiger partial charge is 0.379 e. The summed E-state index contributed by atoms with van der Waals surface area (Å²) in [7, 11) is 0. The zero-order chi connectivity index (χ0) is 17.7. The number of amides is 1. The third-order valence-electron chi connectivity index (χ3n) is 4.73. The van der Waals surface area contributed by atoms with Gasteiger partial charge in [-0.15, -0.1) is 0 Å². The Hall–Kier alpha value is -0.890. The third-order valence-corrected chi connectivity index (χ3v) is 6.46. The molecule has 1 N–H and O–H groups in total. The van der Waals surface area contributed by atoms with E-state index in [-0.39, 0.29) is 17.3 Å². The van der Waals surface area contributed by atoms with Crippen molar-refractivity contribution in [1.29, 1.82) is 0 Å². The van der Waals surface area contributed by atoms with Crippen molar-refractivity contribution in [3.63, 3.8) is 0 Å². The number of nitrogens with one attached hydrogen (secondary N) is 1. The lowest BCUT2D eigenvalue weighted by Gasteiger charge is -2.42. The van der Waals surface area contributed by atoms with E-state index in [0.29, 0.717) is 12.1 Å². The Morgan fingerprint density at radius 1 is 1.44 bits per heavy atom. The Balaban J connectivity index is 1.60. The molecule has 2 saturated heterocycles. The maximum Gasteiger partial charge on any atom is 0.244 e. The molecular weight excluding hydrogens is 407 g/mol. The molecule has 136 valence electrons. The van der Waals surface area contributed by atoms with E-state index >= 15 is 0 Å². The molecule has 0 saturated carbocycles. The number of carbonyl (C=O) groups is 1. The van der Waals surface area contributed by atoms with Crippen LogP contribution in [0, 0.1) is 5.82 Å². The lowest BCUT2D eigenvalue weighted by Crippen LogP contribution is -2.59. The first-order valence-corrected chi connectivity index (χ1v) is 10.4. The standard InChI is InChI=1S/C18H22BrFN2O2S/c19-15-2-3-16(20)14(11-15)1-4-17(23)21-12-18(5-10-25-13-18)22-6-8-24-9-7-22/h1-4,11H,5-10,12-13H2,(H,21,23)/b4-1+. The van der Waals surface area contributed by atoms with Crippen molar-refractivity contribution in [3.05, 3.63) is 40.1 Å². The zero-order valence-corrected chi connectivity index (χ0v) is 16.4. The average Bonchev–Trinajstić information content (AvgIpc) is 3.12. The summed E-state index contributed by atoms with van der Waals surface area (Å²) in [4.78, 5) is 14.7. The number of hydrogen-bond donors (Lipinski definition) is 1. The minimum absolute atomic E-state index is 0.0129. The van der Waals surface area contributed by atoms with E-state index in [0.717, 1.165) is 48.7 Å². The molecule has 2 fully saturated rings. The highest BCUT2D eigenvalue weighted by molar-refractivity contribution is 9.10. The molecule has 25 heavy (non-hydrogen) atoms. The van der Waals surface area contributed by atoms with Gasteiger partial charge in [0.05, 0.1) is 13.2 Å². The van der Waals surface area contributed by atoms with Gasteiger partial charge in [-0.3, -0.25) is 9.69 Å². The molecule has 0 aliphatic carbocycles. The number of rotatable bonds is 5. The molecule has 1 atom stereocenters. The molecule has 2 heterocycles. The zero-order valence-electron chi connectivity index (χ0n) is 14.0. The number of morpholine rings is 1. The summed E-state index contributed by atoms with van der Waals surface area (Å²) in [6, 6.07) is 4.67. The molecule has 3 rings (SSSR count). The molecule has 0 bridgehead atoms. The summed E-state index contributed by atoms with van der Waals surface area (Å²) in [5, 5.41) is 3.01. The molecule has 1 aromatic carbocycles. The van der Waals surface area contributed by atoms with Crippen LogP contribution in [0.1, 0.15) is 12.0 Å². The van der Waals surface area contributed by atoms with Gasteiger partial charge in [0.2, 0.25) is 5.91 Å². The van der Waals surface area contributed by atoms with Crippen molar-refractivity contribution < 1.29 is 13.9 Å². The smallest absolute Gasteiger partial charge is 0.244 e. The van der Waals surface area contributed by atoms with Crippen LogP contribution in [0.4, 0.5) is 4.39 Å². The van der Waals surface area contributed by atoms with E-state index in [2.05, 4.69) is 26.1 Å². The highest BCUT2D eigenvalue weighted by Crippen LogP contribution is 2.33. The summed E-state index contributed by atoms with van der Waals surface area (Å²) in [6.07, 6.45) is 3.99. The lowest BCUT2D eigenvalue weighted by molar-refractivity contribution is -0.117. The Labute approximate surface area is 160 Å². The highest BCUT2D eigenvalue weighted by atomic mass is 79.9. The van der Waals surface area contributed by atoms with E-state index in [1.165, 1.54) is 18.2 Å². The number of hydrogen-bond acceptors (Lipinski definition) is 4. The van der Waals surface area contributed by atoms with Gasteiger partial charge < -0.3 is 10.1 Å².